The predicted molar refractivity (Wildman–Crippen MR) is 88.0 cm³/mol. The van der Waals surface area contributed by atoms with Gasteiger partial charge in [-0.3, -0.25) is 10.1 Å². The Morgan fingerprint density at radius 1 is 1.46 bits per heavy atom. The van der Waals surface area contributed by atoms with Crippen LogP contribution in [-0.2, 0) is 23.2 Å². The number of amides is 1. The van der Waals surface area contributed by atoms with Gasteiger partial charge in [-0.2, -0.15) is 17.0 Å². The first kappa shape index (κ1) is 17.0. The van der Waals surface area contributed by atoms with Crippen LogP contribution in [0.2, 0.25) is 0 Å². The summed E-state index contributed by atoms with van der Waals surface area (Å²) in [6.45, 7) is 2.32. The SMILES string of the molecule is Cc1cc(C(=O)Nc2nc3c(s2)CN(S(=O)(=O)N(C)C)CC3)no1. The van der Waals surface area contributed by atoms with Crippen molar-refractivity contribution in [1.82, 2.24) is 18.8 Å². The topological polar surface area (TPSA) is 109 Å². The van der Waals surface area contributed by atoms with E-state index in [2.05, 4.69) is 15.5 Å². The van der Waals surface area contributed by atoms with Crippen molar-refractivity contribution in [1.29, 1.82) is 0 Å². The molecule has 0 unspecified atom stereocenters. The van der Waals surface area contributed by atoms with Gasteiger partial charge < -0.3 is 4.52 Å². The highest BCUT2D eigenvalue weighted by Gasteiger charge is 2.30. The van der Waals surface area contributed by atoms with E-state index in [4.69, 9.17) is 4.52 Å². The molecule has 3 heterocycles. The highest BCUT2D eigenvalue weighted by molar-refractivity contribution is 7.86. The van der Waals surface area contributed by atoms with Crippen molar-refractivity contribution in [2.45, 2.75) is 19.9 Å². The third-order valence-electron chi connectivity index (χ3n) is 3.57. The molecule has 0 spiro atoms. The lowest BCUT2D eigenvalue weighted by atomic mass is 10.2. The van der Waals surface area contributed by atoms with Crippen LogP contribution in [0.3, 0.4) is 0 Å². The Morgan fingerprint density at radius 3 is 2.83 bits per heavy atom. The lowest BCUT2D eigenvalue weighted by Crippen LogP contribution is -2.42. The molecule has 0 radical (unpaired) electrons. The molecule has 0 saturated heterocycles. The molecular weight excluding hydrogens is 354 g/mol. The number of hydrogen-bond donors (Lipinski definition) is 1. The smallest absolute Gasteiger partial charge is 0.281 e. The fraction of sp³-hybridized carbons (Fsp3) is 0.462. The standard InChI is InChI=1S/C13H17N5O4S2/c1-8-6-10(16-22-8)12(19)15-13-14-9-4-5-18(7-11(9)23-13)24(20,21)17(2)3/h6H,4-5,7H2,1-3H3,(H,14,15,19). The van der Waals surface area contributed by atoms with Gasteiger partial charge in [0, 0.05) is 38.0 Å². The maximum absolute atomic E-state index is 12.2. The molecule has 0 fully saturated rings. The number of aryl methyl sites for hydroxylation is 1. The number of carbonyl (C=O) groups is 1. The molecule has 9 nitrogen and oxygen atoms in total. The first-order valence-corrected chi connectivity index (χ1v) is 9.39. The molecule has 1 amide bonds. The van der Waals surface area contributed by atoms with Gasteiger partial charge in [-0.15, -0.1) is 11.3 Å². The molecule has 130 valence electrons. The molecule has 11 heteroatoms. The summed E-state index contributed by atoms with van der Waals surface area (Å²) in [7, 11) is -0.455. The largest absolute Gasteiger partial charge is 0.361 e. The van der Waals surface area contributed by atoms with Gasteiger partial charge in [0.15, 0.2) is 10.8 Å². The zero-order chi connectivity index (χ0) is 17.5. The van der Waals surface area contributed by atoms with E-state index in [9.17, 15) is 13.2 Å². The number of fused-ring (bicyclic) bond motifs is 1. The molecule has 0 aromatic carbocycles. The van der Waals surface area contributed by atoms with Gasteiger partial charge in [0.1, 0.15) is 5.76 Å². The van der Waals surface area contributed by atoms with E-state index in [0.717, 1.165) is 10.6 Å². The Morgan fingerprint density at radius 2 is 2.21 bits per heavy atom. The Kier molecular flexibility index (Phi) is 4.42. The molecule has 3 rings (SSSR count). The van der Waals surface area contributed by atoms with Gasteiger partial charge in [0.05, 0.1) is 12.2 Å². The lowest BCUT2D eigenvalue weighted by molar-refractivity contribution is 0.101. The number of rotatable bonds is 4. The van der Waals surface area contributed by atoms with E-state index in [-0.39, 0.29) is 12.2 Å². The maximum Gasteiger partial charge on any atom is 0.281 e. The second-order valence-electron chi connectivity index (χ2n) is 5.54. The zero-order valence-electron chi connectivity index (χ0n) is 13.4. The molecule has 0 aliphatic carbocycles. The van der Waals surface area contributed by atoms with Crippen LogP contribution in [0.1, 0.15) is 26.8 Å². The average molecular weight is 371 g/mol. The van der Waals surface area contributed by atoms with Crippen molar-refractivity contribution in [2.75, 3.05) is 26.0 Å². The number of nitrogens with zero attached hydrogens (tertiary/aromatic N) is 4. The van der Waals surface area contributed by atoms with Crippen LogP contribution in [-0.4, -0.2) is 53.7 Å². The first-order valence-electron chi connectivity index (χ1n) is 7.18. The van der Waals surface area contributed by atoms with Gasteiger partial charge in [0.2, 0.25) is 0 Å². The first-order chi connectivity index (χ1) is 11.3. The monoisotopic (exact) mass is 371 g/mol. The van der Waals surface area contributed by atoms with Crippen molar-refractivity contribution in [2.24, 2.45) is 0 Å². The Bertz CT molecular complexity index is 871. The molecule has 2 aromatic heterocycles. The minimum Gasteiger partial charge on any atom is -0.361 e. The van der Waals surface area contributed by atoms with Crippen molar-refractivity contribution >= 4 is 32.6 Å². The number of carbonyl (C=O) groups excluding carboxylic acids is 1. The quantitative estimate of drug-likeness (QED) is 0.854. The van der Waals surface area contributed by atoms with Crippen LogP contribution in [0.4, 0.5) is 5.13 Å². The zero-order valence-corrected chi connectivity index (χ0v) is 15.1. The van der Waals surface area contributed by atoms with Gasteiger partial charge >= 0.3 is 0 Å². The summed E-state index contributed by atoms with van der Waals surface area (Å²) < 4.78 is 31.9. The number of thiazole rings is 1. The van der Waals surface area contributed by atoms with Crippen LogP contribution in [0, 0.1) is 6.92 Å². The van der Waals surface area contributed by atoms with Crippen molar-refractivity contribution in [3.05, 3.63) is 28.1 Å². The van der Waals surface area contributed by atoms with Crippen molar-refractivity contribution in [3.8, 4) is 0 Å². The number of nitrogens with one attached hydrogen (secondary N) is 1. The van der Waals surface area contributed by atoms with E-state index in [1.807, 2.05) is 0 Å². The summed E-state index contributed by atoms with van der Waals surface area (Å²) in [5.41, 5.74) is 0.995. The van der Waals surface area contributed by atoms with Crippen LogP contribution in [0.15, 0.2) is 10.6 Å². The van der Waals surface area contributed by atoms with Gasteiger partial charge in [-0.25, -0.2) is 4.98 Å². The van der Waals surface area contributed by atoms with Gasteiger partial charge in [0.25, 0.3) is 16.1 Å². The van der Waals surface area contributed by atoms with Crippen LogP contribution < -0.4 is 5.32 Å². The Hall–Kier alpha value is -1.82. The summed E-state index contributed by atoms with van der Waals surface area (Å²) in [5, 5.41) is 6.75. The Balaban J connectivity index is 1.75. The summed E-state index contributed by atoms with van der Waals surface area (Å²) >= 11 is 1.27. The van der Waals surface area contributed by atoms with Crippen LogP contribution in [0.5, 0.6) is 0 Å². The molecule has 1 aliphatic rings. The highest BCUT2D eigenvalue weighted by atomic mass is 32.2. The molecule has 24 heavy (non-hydrogen) atoms. The molecule has 0 atom stereocenters. The summed E-state index contributed by atoms with van der Waals surface area (Å²) in [6, 6.07) is 1.54. The van der Waals surface area contributed by atoms with Crippen LogP contribution >= 0.6 is 11.3 Å². The fourth-order valence-electron chi connectivity index (χ4n) is 2.29. The summed E-state index contributed by atoms with van der Waals surface area (Å²) in [6.07, 6.45) is 0.512. The molecule has 1 N–H and O–H groups in total. The lowest BCUT2D eigenvalue weighted by Gasteiger charge is -2.27. The second kappa shape index (κ2) is 6.24. The number of aromatic nitrogens is 2. The summed E-state index contributed by atoms with van der Waals surface area (Å²) in [4.78, 5) is 17.3. The van der Waals surface area contributed by atoms with E-state index >= 15 is 0 Å². The average Bonchev–Trinajstić information content (AvgIpc) is 3.11. The van der Waals surface area contributed by atoms with E-state index < -0.39 is 16.1 Å². The minimum atomic E-state index is -3.46. The van der Waals surface area contributed by atoms with Crippen LogP contribution in [0.25, 0.3) is 0 Å². The molecule has 0 bridgehead atoms. The van der Waals surface area contributed by atoms with E-state index in [0.29, 0.717) is 23.9 Å². The van der Waals surface area contributed by atoms with Crippen molar-refractivity contribution in [3.63, 3.8) is 0 Å². The minimum absolute atomic E-state index is 0.178. The fourth-order valence-corrected chi connectivity index (χ4v) is 4.46. The number of anilines is 1. The van der Waals surface area contributed by atoms with Crippen molar-refractivity contribution < 1.29 is 17.7 Å². The summed E-state index contributed by atoms with van der Waals surface area (Å²) in [5.74, 6) is 0.138. The molecule has 1 aliphatic heterocycles. The molecular formula is C13H17N5O4S2. The maximum atomic E-state index is 12.2. The van der Waals surface area contributed by atoms with Gasteiger partial charge in [-0.05, 0) is 6.92 Å². The molecule has 2 aromatic rings. The predicted octanol–water partition coefficient (Wildman–Crippen LogP) is 0.856. The number of hydrogen-bond acceptors (Lipinski definition) is 7. The van der Waals surface area contributed by atoms with Gasteiger partial charge in [-0.1, -0.05) is 5.16 Å². The Labute approximate surface area is 143 Å². The van der Waals surface area contributed by atoms with E-state index in [1.54, 1.807) is 6.92 Å². The van der Waals surface area contributed by atoms with E-state index in [1.165, 1.54) is 40.1 Å². The molecule has 0 saturated carbocycles. The normalized spacial score (nSPS) is 15.5. The highest BCUT2D eigenvalue weighted by Crippen LogP contribution is 2.30. The second-order valence-corrected chi connectivity index (χ2v) is 8.77. The third kappa shape index (κ3) is 3.20. The third-order valence-corrected chi connectivity index (χ3v) is 6.45.